The van der Waals surface area contributed by atoms with Crippen molar-refractivity contribution < 1.29 is 0 Å². The summed E-state index contributed by atoms with van der Waals surface area (Å²) in [6, 6.07) is 10.4. The molecule has 2 rings (SSSR count). The molecule has 0 spiro atoms. The predicted molar refractivity (Wildman–Crippen MR) is 66.4 cm³/mol. The monoisotopic (exact) mass is 213 g/mol. The smallest absolute Gasteiger partial charge is 0.222 e. The summed E-state index contributed by atoms with van der Waals surface area (Å²) in [5, 5.41) is 2.94. The molecule has 16 heavy (non-hydrogen) atoms. The summed E-state index contributed by atoms with van der Waals surface area (Å²) >= 11 is 0. The first kappa shape index (κ1) is 10.6. The number of nitrogens with zero attached hydrogens (tertiary/aromatic N) is 2. The molecule has 1 aromatic carbocycles. The third-order valence-electron chi connectivity index (χ3n) is 2.51. The molecule has 1 N–H and O–H groups in total. The van der Waals surface area contributed by atoms with Crippen LogP contribution in [0.25, 0.3) is 11.3 Å². The molecule has 0 aliphatic heterocycles. The zero-order valence-corrected chi connectivity index (χ0v) is 9.57. The molecule has 0 saturated carbocycles. The van der Waals surface area contributed by atoms with Crippen LogP contribution in [0.2, 0.25) is 0 Å². The lowest BCUT2D eigenvalue weighted by Gasteiger charge is -2.04. The minimum atomic E-state index is 0.652. The van der Waals surface area contributed by atoms with E-state index in [1.54, 1.807) is 6.20 Å². The first-order chi connectivity index (χ1) is 7.83. The number of benzene rings is 1. The van der Waals surface area contributed by atoms with Crippen molar-refractivity contribution in [3.8, 4) is 11.3 Å². The Morgan fingerprint density at radius 3 is 2.88 bits per heavy atom. The highest BCUT2D eigenvalue weighted by molar-refractivity contribution is 5.60. The molecule has 0 unspecified atom stereocenters. The molecule has 1 heterocycles. The standard InChI is InChI=1S/C13H15N3/c1-3-10-5-4-6-11(9-10)12-7-8-15-13(14-2)16-12/h4-9H,3H2,1-2H3,(H,14,15,16). The van der Waals surface area contributed by atoms with Gasteiger partial charge in [0, 0.05) is 18.8 Å². The Bertz CT molecular complexity index is 435. The zero-order chi connectivity index (χ0) is 11.4. The van der Waals surface area contributed by atoms with Crippen LogP contribution in [-0.2, 0) is 6.42 Å². The molecule has 0 aliphatic rings. The lowest BCUT2D eigenvalue weighted by atomic mass is 10.1. The van der Waals surface area contributed by atoms with Gasteiger partial charge in [0.25, 0.3) is 0 Å². The molecule has 2 aromatic rings. The Hall–Kier alpha value is -1.90. The van der Waals surface area contributed by atoms with E-state index >= 15 is 0 Å². The maximum Gasteiger partial charge on any atom is 0.222 e. The van der Waals surface area contributed by atoms with Crippen LogP contribution in [0.3, 0.4) is 0 Å². The van der Waals surface area contributed by atoms with Crippen LogP contribution in [0.15, 0.2) is 36.5 Å². The van der Waals surface area contributed by atoms with Crippen molar-refractivity contribution in [1.29, 1.82) is 0 Å². The minimum absolute atomic E-state index is 0.652. The fourth-order valence-electron chi connectivity index (χ4n) is 1.59. The van der Waals surface area contributed by atoms with Crippen LogP contribution in [0, 0.1) is 0 Å². The van der Waals surface area contributed by atoms with Crippen molar-refractivity contribution in [2.75, 3.05) is 12.4 Å². The Morgan fingerprint density at radius 2 is 2.12 bits per heavy atom. The fourth-order valence-corrected chi connectivity index (χ4v) is 1.59. The van der Waals surface area contributed by atoms with Crippen LogP contribution in [0.4, 0.5) is 5.95 Å². The quantitative estimate of drug-likeness (QED) is 0.851. The van der Waals surface area contributed by atoms with E-state index in [2.05, 4.69) is 46.5 Å². The van der Waals surface area contributed by atoms with Gasteiger partial charge in [0.1, 0.15) is 0 Å². The van der Waals surface area contributed by atoms with Gasteiger partial charge in [-0.2, -0.15) is 0 Å². The molecule has 3 heteroatoms. The zero-order valence-electron chi connectivity index (χ0n) is 9.57. The van der Waals surface area contributed by atoms with Crippen molar-refractivity contribution in [1.82, 2.24) is 9.97 Å². The highest BCUT2D eigenvalue weighted by Gasteiger charge is 2.01. The summed E-state index contributed by atoms with van der Waals surface area (Å²) < 4.78 is 0. The van der Waals surface area contributed by atoms with E-state index in [1.165, 1.54) is 5.56 Å². The first-order valence-corrected chi connectivity index (χ1v) is 5.43. The number of nitrogens with one attached hydrogen (secondary N) is 1. The average molecular weight is 213 g/mol. The van der Waals surface area contributed by atoms with Crippen molar-refractivity contribution >= 4 is 5.95 Å². The lowest BCUT2D eigenvalue weighted by Crippen LogP contribution is -1.96. The van der Waals surface area contributed by atoms with Crippen molar-refractivity contribution in [3.05, 3.63) is 42.1 Å². The van der Waals surface area contributed by atoms with Crippen LogP contribution >= 0.6 is 0 Å². The molecule has 1 aromatic heterocycles. The molecule has 0 bridgehead atoms. The molecule has 0 atom stereocenters. The molecular weight excluding hydrogens is 198 g/mol. The molecule has 0 amide bonds. The van der Waals surface area contributed by atoms with Gasteiger partial charge in [-0.15, -0.1) is 0 Å². The van der Waals surface area contributed by atoms with Gasteiger partial charge in [-0.05, 0) is 24.1 Å². The Morgan fingerprint density at radius 1 is 1.25 bits per heavy atom. The van der Waals surface area contributed by atoms with Crippen LogP contribution in [0.1, 0.15) is 12.5 Å². The molecule has 0 saturated heterocycles. The Labute approximate surface area is 95.6 Å². The van der Waals surface area contributed by atoms with Gasteiger partial charge < -0.3 is 5.32 Å². The van der Waals surface area contributed by atoms with Crippen molar-refractivity contribution in [3.63, 3.8) is 0 Å². The van der Waals surface area contributed by atoms with Gasteiger partial charge in [-0.3, -0.25) is 0 Å². The summed E-state index contributed by atoms with van der Waals surface area (Å²) in [7, 11) is 1.82. The van der Waals surface area contributed by atoms with Gasteiger partial charge in [-0.25, -0.2) is 9.97 Å². The summed E-state index contributed by atoms with van der Waals surface area (Å²) in [5.41, 5.74) is 3.41. The summed E-state index contributed by atoms with van der Waals surface area (Å²) in [5.74, 6) is 0.652. The highest BCUT2D eigenvalue weighted by atomic mass is 15.1. The predicted octanol–water partition coefficient (Wildman–Crippen LogP) is 2.75. The first-order valence-electron chi connectivity index (χ1n) is 5.43. The van der Waals surface area contributed by atoms with E-state index in [-0.39, 0.29) is 0 Å². The third kappa shape index (κ3) is 2.19. The van der Waals surface area contributed by atoms with Gasteiger partial charge >= 0.3 is 0 Å². The topological polar surface area (TPSA) is 37.8 Å². The van der Waals surface area contributed by atoms with Gasteiger partial charge in [0.15, 0.2) is 0 Å². The van der Waals surface area contributed by atoms with E-state index in [9.17, 15) is 0 Å². The van der Waals surface area contributed by atoms with Crippen molar-refractivity contribution in [2.45, 2.75) is 13.3 Å². The number of anilines is 1. The number of aromatic nitrogens is 2. The lowest BCUT2D eigenvalue weighted by molar-refractivity contribution is 1.13. The average Bonchev–Trinajstić information content (AvgIpc) is 2.39. The second kappa shape index (κ2) is 4.75. The van der Waals surface area contributed by atoms with E-state index in [0.717, 1.165) is 17.7 Å². The number of rotatable bonds is 3. The molecule has 82 valence electrons. The maximum absolute atomic E-state index is 4.41. The maximum atomic E-state index is 4.41. The van der Waals surface area contributed by atoms with E-state index in [0.29, 0.717) is 5.95 Å². The molecule has 0 aliphatic carbocycles. The van der Waals surface area contributed by atoms with E-state index < -0.39 is 0 Å². The summed E-state index contributed by atoms with van der Waals surface area (Å²) in [6.07, 6.45) is 2.81. The molecule has 0 fully saturated rings. The second-order valence-corrected chi connectivity index (χ2v) is 3.57. The summed E-state index contributed by atoms with van der Waals surface area (Å²) in [4.78, 5) is 8.52. The Balaban J connectivity index is 2.41. The van der Waals surface area contributed by atoms with Crippen LogP contribution in [0.5, 0.6) is 0 Å². The normalized spacial score (nSPS) is 10.1. The third-order valence-corrected chi connectivity index (χ3v) is 2.51. The highest BCUT2D eigenvalue weighted by Crippen LogP contribution is 2.19. The molecular formula is C13H15N3. The van der Waals surface area contributed by atoms with E-state index in [4.69, 9.17) is 0 Å². The summed E-state index contributed by atoms with van der Waals surface area (Å²) in [6.45, 7) is 2.15. The Kier molecular flexibility index (Phi) is 3.15. The fraction of sp³-hybridized carbons (Fsp3) is 0.231. The van der Waals surface area contributed by atoms with Crippen LogP contribution in [-0.4, -0.2) is 17.0 Å². The number of aryl methyl sites for hydroxylation is 1. The van der Waals surface area contributed by atoms with Gasteiger partial charge in [0.2, 0.25) is 5.95 Å². The van der Waals surface area contributed by atoms with E-state index in [1.807, 2.05) is 13.1 Å². The number of hydrogen-bond donors (Lipinski definition) is 1. The largest absolute Gasteiger partial charge is 0.357 e. The molecule has 0 radical (unpaired) electrons. The van der Waals surface area contributed by atoms with Gasteiger partial charge in [-0.1, -0.05) is 25.1 Å². The number of hydrogen-bond acceptors (Lipinski definition) is 3. The minimum Gasteiger partial charge on any atom is -0.357 e. The van der Waals surface area contributed by atoms with Gasteiger partial charge in [0.05, 0.1) is 5.69 Å². The van der Waals surface area contributed by atoms with Crippen molar-refractivity contribution in [2.24, 2.45) is 0 Å². The SMILES string of the molecule is CCc1cccc(-c2ccnc(NC)n2)c1. The molecule has 3 nitrogen and oxygen atoms in total. The van der Waals surface area contributed by atoms with Crippen LogP contribution < -0.4 is 5.32 Å². The second-order valence-electron chi connectivity index (χ2n) is 3.57.